The molecule has 21 heavy (non-hydrogen) atoms. The lowest BCUT2D eigenvalue weighted by Gasteiger charge is -2.19. The van der Waals surface area contributed by atoms with Crippen LogP contribution in [-0.2, 0) is 10.3 Å². The third kappa shape index (κ3) is 2.56. The van der Waals surface area contributed by atoms with E-state index in [1.807, 2.05) is 18.2 Å². The first-order chi connectivity index (χ1) is 9.98. The van der Waals surface area contributed by atoms with Crippen LogP contribution in [0, 0.1) is 0 Å². The summed E-state index contributed by atoms with van der Waals surface area (Å²) in [6.07, 6.45) is 5.83. The molecule has 0 spiro atoms. The van der Waals surface area contributed by atoms with Gasteiger partial charge >= 0.3 is 5.97 Å². The number of hydrogen-bond donors (Lipinski definition) is 3. The number of carboxylic acids is 1. The Balaban J connectivity index is 1.99. The maximum absolute atomic E-state index is 10.9. The highest BCUT2D eigenvalue weighted by Gasteiger charge is 2.34. The molecule has 1 fully saturated rings. The molecule has 5 heteroatoms. The van der Waals surface area contributed by atoms with Crippen LogP contribution in [0.2, 0.25) is 0 Å². The number of aromatic nitrogens is 2. The van der Waals surface area contributed by atoms with E-state index in [-0.39, 0.29) is 5.54 Å². The van der Waals surface area contributed by atoms with Crippen molar-refractivity contribution in [1.29, 1.82) is 0 Å². The average Bonchev–Trinajstić information content (AvgIpc) is 3.05. The minimum absolute atomic E-state index is 0.302. The number of H-pyrrole nitrogens is 1. The molecule has 1 aliphatic carbocycles. The van der Waals surface area contributed by atoms with Crippen molar-refractivity contribution in [2.45, 2.75) is 38.1 Å². The van der Waals surface area contributed by atoms with Gasteiger partial charge in [-0.05, 0) is 43.5 Å². The first kappa shape index (κ1) is 13.8. The van der Waals surface area contributed by atoms with E-state index >= 15 is 0 Å². The summed E-state index contributed by atoms with van der Waals surface area (Å²) >= 11 is 0. The van der Waals surface area contributed by atoms with Gasteiger partial charge in [-0.3, -0.25) is 0 Å². The zero-order valence-corrected chi connectivity index (χ0v) is 12.0. The maximum Gasteiger partial charge on any atom is 0.331 e. The van der Waals surface area contributed by atoms with Crippen molar-refractivity contribution in [2.24, 2.45) is 5.73 Å². The van der Waals surface area contributed by atoms with Crippen LogP contribution in [0.3, 0.4) is 0 Å². The fraction of sp³-hybridized carbons (Fsp3) is 0.375. The van der Waals surface area contributed by atoms with Gasteiger partial charge < -0.3 is 15.8 Å². The topological polar surface area (TPSA) is 92.0 Å². The number of carboxylic acid groups (broad SMARTS) is 1. The van der Waals surface area contributed by atoms with Gasteiger partial charge in [-0.2, -0.15) is 0 Å². The van der Waals surface area contributed by atoms with Gasteiger partial charge in [-0.1, -0.05) is 18.9 Å². The fourth-order valence-corrected chi connectivity index (χ4v) is 2.90. The number of benzene rings is 1. The zero-order chi connectivity index (χ0) is 15.0. The summed E-state index contributed by atoms with van der Waals surface area (Å²) in [7, 11) is 0. The number of imidazole rings is 1. The standard InChI is InChI=1S/C16H19N3O2/c1-10(14(20)21)8-11-4-5-12-13(9-11)19-15(18-12)16(17)6-2-3-7-16/h4-5,8-9H,2-3,6-7,17H2,1H3,(H,18,19)(H,20,21)/b10-8-. The molecule has 0 amide bonds. The number of rotatable bonds is 3. The van der Waals surface area contributed by atoms with Crippen molar-refractivity contribution < 1.29 is 9.90 Å². The van der Waals surface area contributed by atoms with Crippen molar-refractivity contribution in [3.63, 3.8) is 0 Å². The summed E-state index contributed by atoms with van der Waals surface area (Å²) in [6.45, 7) is 1.58. The quantitative estimate of drug-likeness (QED) is 0.756. The predicted molar refractivity (Wildman–Crippen MR) is 81.7 cm³/mol. The largest absolute Gasteiger partial charge is 0.478 e. The SMILES string of the molecule is C/C(=C/c1ccc2[nH]c(C3(N)CCCC3)nc2c1)C(=O)O. The van der Waals surface area contributed by atoms with Gasteiger partial charge in [-0.15, -0.1) is 0 Å². The minimum atomic E-state index is -0.912. The van der Waals surface area contributed by atoms with Crippen LogP contribution in [-0.4, -0.2) is 21.0 Å². The molecular weight excluding hydrogens is 266 g/mol. The average molecular weight is 285 g/mol. The van der Waals surface area contributed by atoms with Crippen molar-refractivity contribution in [1.82, 2.24) is 9.97 Å². The Kier molecular flexibility index (Phi) is 3.29. The molecule has 5 nitrogen and oxygen atoms in total. The highest BCUT2D eigenvalue weighted by atomic mass is 16.4. The molecule has 0 unspecified atom stereocenters. The normalized spacial score (nSPS) is 18.3. The second-order valence-electron chi connectivity index (χ2n) is 5.86. The Morgan fingerprint density at radius 3 is 2.81 bits per heavy atom. The van der Waals surface area contributed by atoms with Crippen LogP contribution in [0.15, 0.2) is 23.8 Å². The molecule has 3 rings (SSSR count). The fourth-order valence-electron chi connectivity index (χ4n) is 2.90. The van der Waals surface area contributed by atoms with Gasteiger partial charge in [0.05, 0.1) is 16.6 Å². The van der Waals surface area contributed by atoms with Gasteiger partial charge in [0.25, 0.3) is 0 Å². The molecule has 110 valence electrons. The molecule has 0 saturated heterocycles. The van der Waals surface area contributed by atoms with Crippen molar-refractivity contribution in [3.8, 4) is 0 Å². The van der Waals surface area contributed by atoms with E-state index in [0.717, 1.165) is 48.1 Å². The lowest BCUT2D eigenvalue weighted by atomic mass is 9.99. The van der Waals surface area contributed by atoms with Crippen molar-refractivity contribution >= 4 is 23.1 Å². The molecule has 1 aromatic carbocycles. The van der Waals surface area contributed by atoms with E-state index in [1.165, 1.54) is 0 Å². The summed E-state index contributed by atoms with van der Waals surface area (Å²) in [6, 6.07) is 5.69. The summed E-state index contributed by atoms with van der Waals surface area (Å²) < 4.78 is 0. The van der Waals surface area contributed by atoms with E-state index in [9.17, 15) is 4.79 Å². The summed E-state index contributed by atoms with van der Waals surface area (Å²) in [5, 5.41) is 8.93. The lowest BCUT2D eigenvalue weighted by Crippen LogP contribution is -2.34. The second-order valence-corrected chi connectivity index (χ2v) is 5.86. The van der Waals surface area contributed by atoms with Crippen molar-refractivity contribution in [3.05, 3.63) is 35.2 Å². The van der Waals surface area contributed by atoms with E-state index in [2.05, 4.69) is 9.97 Å². The lowest BCUT2D eigenvalue weighted by molar-refractivity contribution is -0.132. The molecule has 0 aliphatic heterocycles. The van der Waals surface area contributed by atoms with Crippen LogP contribution < -0.4 is 5.73 Å². The summed E-state index contributed by atoms with van der Waals surface area (Å²) in [5.41, 5.74) is 8.98. The smallest absolute Gasteiger partial charge is 0.331 e. The Bertz CT molecular complexity index is 724. The Morgan fingerprint density at radius 1 is 1.43 bits per heavy atom. The Hall–Kier alpha value is -2.14. The van der Waals surface area contributed by atoms with E-state index < -0.39 is 5.97 Å². The molecule has 0 atom stereocenters. The van der Waals surface area contributed by atoms with E-state index in [4.69, 9.17) is 10.8 Å². The highest BCUT2D eigenvalue weighted by molar-refractivity contribution is 5.92. The van der Waals surface area contributed by atoms with Crippen molar-refractivity contribution in [2.75, 3.05) is 0 Å². The summed E-state index contributed by atoms with van der Waals surface area (Å²) in [5.74, 6) is -0.0734. The first-order valence-electron chi connectivity index (χ1n) is 7.19. The number of nitrogens with zero attached hydrogens (tertiary/aromatic N) is 1. The molecule has 4 N–H and O–H groups in total. The molecule has 1 aromatic heterocycles. The predicted octanol–water partition coefficient (Wildman–Crippen LogP) is 2.78. The number of hydrogen-bond acceptors (Lipinski definition) is 3. The summed E-state index contributed by atoms with van der Waals surface area (Å²) in [4.78, 5) is 18.8. The van der Waals surface area contributed by atoms with Crippen LogP contribution >= 0.6 is 0 Å². The molecule has 0 bridgehead atoms. The highest BCUT2D eigenvalue weighted by Crippen LogP contribution is 2.35. The zero-order valence-electron chi connectivity index (χ0n) is 12.0. The van der Waals surface area contributed by atoms with Gasteiger partial charge in [0.15, 0.2) is 0 Å². The van der Waals surface area contributed by atoms with Gasteiger partial charge in [0.2, 0.25) is 0 Å². The molecule has 1 aliphatic rings. The van der Waals surface area contributed by atoms with Crippen LogP contribution in [0.4, 0.5) is 0 Å². The molecule has 1 heterocycles. The monoisotopic (exact) mass is 285 g/mol. The Labute approximate surface area is 122 Å². The molecule has 2 aromatic rings. The number of fused-ring (bicyclic) bond motifs is 1. The van der Waals surface area contributed by atoms with Crippen LogP contribution in [0.1, 0.15) is 44.0 Å². The number of nitrogens with two attached hydrogens (primary N) is 1. The first-order valence-corrected chi connectivity index (χ1v) is 7.19. The van der Waals surface area contributed by atoms with Gasteiger partial charge in [0, 0.05) is 5.57 Å². The molecule has 1 saturated carbocycles. The molecular formula is C16H19N3O2. The van der Waals surface area contributed by atoms with Crippen LogP contribution in [0.25, 0.3) is 17.1 Å². The number of aliphatic carboxylic acids is 1. The minimum Gasteiger partial charge on any atom is -0.478 e. The second kappa shape index (κ2) is 5.00. The number of aromatic amines is 1. The number of nitrogens with one attached hydrogen (secondary N) is 1. The Morgan fingerprint density at radius 2 is 2.14 bits per heavy atom. The maximum atomic E-state index is 10.9. The van der Waals surface area contributed by atoms with E-state index in [0.29, 0.717) is 5.57 Å². The van der Waals surface area contributed by atoms with Gasteiger partial charge in [-0.25, -0.2) is 9.78 Å². The molecule has 0 radical (unpaired) electrons. The van der Waals surface area contributed by atoms with Gasteiger partial charge in [0.1, 0.15) is 5.82 Å². The third-order valence-electron chi connectivity index (χ3n) is 4.20. The van der Waals surface area contributed by atoms with Crippen LogP contribution in [0.5, 0.6) is 0 Å². The number of carbonyl (C=O) groups is 1. The third-order valence-corrected chi connectivity index (χ3v) is 4.20. The van der Waals surface area contributed by atoms with E-state index in [1.54, 1.807) is 13.0 Å².